The summed E-state index contributed by atoms with van der Waals surface area (Å²) in [6.45, 7) is 25.9. The lowest BCUT2D eigenvalue weighted by Gasteiger charge is -2.72. The van der Waals surface area contributed by atoms with Crippen molar-refractivity contribution in [2.45, 2.75) is 126 Å². The summed E-state index contributed by atoms with van der Waals surface area (Å²) in [6, 6.07) is 8.16. The van der Waals surface area contributed by atoms with Crippen molar-refractivity contribution in [2.24, 2.45) is 61.8 Å². The molecule has 0 heterocycles. The second-order valence-electron chi connectivity index (χ2n) is 18.5. The lowest BCUT2D eigenvalue weighted by molar-refractivity contribution is -0.224. The second-order valence-corrected chi connectivity index (χ2v) is 18.5. The van der Waals surface area contributed by atoms with E-state index in [4.69, 9.17) is 4.74 Å². The molecule has 4 nitrogen and oxygen atoms in total. The van der Waals surface area contributed by atoms with E-state index in [0.29, 0.717) is 41.7 Å². The van der Waals surface area contributed by atoms with Crippen LogP contribution in [-0.2, 0) is 4.74 Å². The van der Waals surface area contributed by atoms with Crippen molar-refractivity contribution in [3.05, 3.63) is 58.5 Å². The van der Waals surface area contributed by atoms with Crippen molar-refractivity contribution in [1.29, 1.82) is 0 Å². The number of allylic oxidation sites excluding steroid dienone is 3. The zero-order chi connectivity index (χ0) is 32.8. The molecule has 0 aliphatic heterocycles. The third kappa shape index (κ3) is 4.76. The number of nitroso groups, excluding NO2 is 1. The average Bonchev–Trinajstić information content (AvgIpc) is 3.32. The van der Waals surface area contributed by atoms with Gasteiger partial charge in [0.15, 0.2) is 0 Å². The Hall–Kier alpha value is -2.23. The summed E-state index contributed by atoms with van der Waals surface area (Å²) in [5, 5.41) is 3.58. The highest BCUT2D eigenvalue weighted by atomic mass is 16.6. The molecule has 1 aromatic rings. The van der Waals surface area contributed by atoms with Crippen LogP contribution < -0.4 is 0 Å². The molecule has 246 valence electrons. The predicted molar refractivity (Wildman–Crippen MR) is 185 cm³/mol. The largest absolute Gasteiger partial charge is 0.456 e. The molecule has 5 aliphatic carbocycles. The van der Waals surface area contributed by atoms with Gasteiger partial charge in [-0.25, -0.2) is 4.79 Å². The molecule has 1 aromatic carbocycles. The molecule has 4 heteroatoms. The van der Waals surface area contributed by atoms with Gasteiger partial charge in [0, 0.05) is 0 Å². The number of fused-ring (bicyclic) bond motifs is 7. The number of nitrogens with zero attached hydrogens (tertiary/aromatic N) is 1. The second kappa shape index (κ2) is 10.6. The fourth-order valence-electron chi connectivity index (χ4n) is 12.9. The Morgan fingerprint density at radius 3 is 2.22 bits per heavy atom. The molecular weight excluding hydrogens is 554 g/mol. The van der Waals surface area contributed by atoms with Gasteiger partial charge in [-0.1, -0.05) is 70.2 Å². The SMILES string of the molecule is C=C(C)[C@@H]1CC[C@]2(CN=O)CC[C@]3(C)[C@H](CC[C@@H]4[C@@]5(C)CC=C(c6ccc(C(=O)OC(C)(C)C)cc6)C(C)(C)[C@@H]5CC[C@]43C)[C@@H]12. The van der Waals surface area contributed by atoms with Crippen molar-refractivity contribution in [3.8, 4) is 0 Å². The molecule has 0 aromatic heterocycles. The molecule has 9 atom stereocenters. The number of carbonyl (C=O) groups is 1. The van der Waals surface area contributed by atoms with Gasteiger partial charge in [0.2, 0.25) is 0 Å². The van der Waals surface area contributed by atoms with Crippen LogP contribution in [0.4, 0.5) is 0 Å². The Labute approximate surface area is 273 Å². The van der Waals surface area contributed by atoms with Crippen LogP contribution in [0, 0.1) is 61.6 Å². The van der Waals surface area contributed by atoms with Crippen LogP contribution in [0.2, 0.25) is 0 Å². The summed E-state index contributed by atoms with van der Waals surface area (Å²) in [4.78, 5) is 24.5. The van der Waals surface area contributed by atoms with E-state index in [1.165, 1.54) is 55.2 Å². The van der Waals surface area contributed by atoms with Crippen molar-refractivity contribution < 1.29 is 9.53 Å². The van der Waals surface area contributed by atoms with E-state index in [9.17, 15) is 9.70 Å². The first-order valence-corrected chi connectivity index (χ1v) is 17.9. The Morgan fingerprint density at radius 2 is 1.60 bits per heavy atom. The van der Waals surface area contributed by atoms with E-state index in [1.54, 1.807) is 0 Å². The standard InChI is InChI=1S/C41H59NO3/c1-26(2)29-17-22-41(25-42-44)24-23-39(9)31(34(29)41)15-16-33-38(8)20-18-30(37(6,7)32(38)19-21-40(33,39)10)27-11-13-28(14-12-27)35(43)45-36(3,4)5/h11-14,18,29,31-34H,1,15-17,19-25H2,2-10H3/t29-,31+,32-,33+,34+,38-,39+,40+,41+/m0/s1. The quantitative estimate of drug-likeness (QED) is 0.189. The molecule has 4 fully saturated rings. The maximum Gasteiger partial charge on any atom is 0.338 e. The zero-order valence-electron chi connectivity index (χ0n) is 29.7. The molecule has 0 unspecified atom stereocenters. The van der Waals surface area contributed by atoms with E-state index < -0.39 is 5.60 Å². The van der Waals surface area contributed by atoms with E-state index in [0.717, 1.165) is 19.3 Å². The summed E-state index contributed by atoms with van der Waals surface area (Å²) in [5.41, 5.74) is 5.01. The first kappa shape index (κ1) is 32.7. The minimum absolute atomic E-state index is 0.0351. The van der Waals surface area contributed by atoms with Crippen LogP contribution in [0.1, 0.15) is 136 Å². The number of rotatable bonds is 5. The van der Waals surface area contributed by atoms with Gasteiger partial charge in [-0.3, -0.25) is 0 Å². The fourth-order valence-corrected chi connectivity index (χ4v) is 12.9. The van der Waals surface area contributed by atoms with Crippen molar-refractivity contribution in [3.63, 3.8) is 0 Å². The third-order valence-corrected chi connectivity index (χ3v) is 15.0. The molecule has 0 saturated heterocycles. The van der Waals surface area contributed by atoms with E-state index >= 15 is 0 Å². The van der Waals surface area contributed by atoms with Gasteiger partial charge in [-0.15, -0.1) is 0 Å². The van der Waals surface area contributed by atoms with Gasteiger partial charge in [-0.05, 0) is 165 Å². The number of hydrogen-bond donors (Lipinski definition) is 0. The van der Waals surface area contributed by atoms with Crippen molar-refractivity contribution in [2.75, 3.05) is 6.54 Å². The third-order valence-electron chi connectivity index (χ3n) is 15.0. The highest BCUT2D eigenvalue weighted by molar-refractivity contribution is 5.90. The van der Waals surface area contributed by atoms with Crippen LogP contribution in [-0.4, -0.2) is 18.1 Å². The van der Waals surface area contributed by atoms with E-state index in [2.05, 4.69) is 71.5 Å². The maximum absolute atomic E-state index is 12.7. The highest BCUT2D eigenvalue weighted by Crippen LogP contribution is 2.77. The topological polar surface area (TPSA) is 55.7 Å². The fraction of sp³-hybridized carbons (Fsp3) is 0.732. The van der Waals surface area contributed by atoms with E-state index in [-0.39, 0.29) is 33.0 Å². The van der Waals surface area contributed by atoms with Gasteiger partial charge in [0.1, 0.15) is 5.60 Å². The molecule has 4 saturated carbocycles. The lowest BCUT2D eigenvalue weighted by atomic mass is 9.32. The van der Waals surface area contributed by atoms with Gasteiger partial charge >= 0.3 is 5.97 Å². The van der Waals surface area contributed by atoms with Crippen molar-refractivity contribution >= 4 is 11.5 Å². The minimum Gasteiger partial charge on any atom is -0.456 e. The summed E-state index contributed by atoms with van der Waals surface area (Å²) < 4.78 is 5.62. The molecule has 5 aliphatic rings. The Balaban J connectivity index is 1.31. The molecule has 6 rings (SSSR count). The Morgan fingerprint density at radius 1 is 0.911 bits per heavy atom. The summed E-state index contributed by atoms with van der Waals surface area (Å²) in [5.74, 6) is 2.74. The van der Waals surface area contributed by atoms with Crippen LogP contribution in [0.3, 0.4) is 0 Å². The monoisotopic (exact) mass is 613 g/mol. The smallest absolute Gasteiger partial charge is 0.338 e. The summed E-state index contributed by atoms with van der Waals surface area (Å²) >= 11 is 0. The number of carbonyl (C=O) groups excluding carboxylic acids is 1. The molecule has 0 spiro atoms. The Bertz CT molecular complexity index is 1400. The molecule has 0 amide bonds. The number of ether oxygens (including phenoxy) is 1. The van der Waals surface area contributed by atoms with Crippen LogP contribution in [0.5, 0.6) is 0 Å². The minimum atomic E-state index is -0.503. The van der Waals surface area contributed by atoms with Crippen LogP contribution >= 0.6 is 0 Å². The first-order valence-electron chi connectivity index (χ1n) is 17.9. The zero-order valence-corrected chi connectivity index (χ0v) is 29.7. The van der Waals surface area contributed by atoms with Gasteiger partial charge < -0.3 is 4.74 Å². The lowest BCUT2D eigenvalue weighted by Crippen LogP contribution is -2.65. The number of esters is 1. The predicted octanol–water partition coefficient (Wildman–Crippen LogP) is 11.1. The average molecular weight is 614 g/mol. The van der Waals surface area contributed by atoms with Crippen LogP contribution in [0.25, 0.3) is 5.57 Å². The number of hydrogen-bond acceptors (Lipinski definition) is 4. The summed E-state index contributed by atoms with van der Waals surface area (Å²) in [6.07, 6.45) is 13.5. The molecular formula is C41H59NO3. The Kier molecular flexibility index (Phi) is 7.73. The van der Waals surface area contributed by atoms with Gasteiger partial charge in [0.05, 0.1) is 12.1 Å². The van der Waals surface area contributed by atoms with Gasteiger partial charge in [0.25, 0.3) is 0 Å². The van der Waals surface area contributed by atoms with Crippen LogP contribution in [0.15, 0.2) is 47.7 Å². The molecule has 0 N–H and O–H groups in total. The number of benzene rings is 1. The molecule has 0 bridgehead atoms. The van der Waals surface area contributed by atoms with Crippen molar-refractivity contribution in [1.82, 2.24) is 0 Å². The van der Waals surface area contributed by atoms with Gasteiger partial charge in [-0.2, -0.15) is 4.91 Å². The normalized spacial score (nSPS) is 41.9. The van der Waals surface area contributed by atoms with E-state index in [1.807, 2.05) is 32.9 Å². The summed E-state index contributed by atoms with van der Waals surface area (Å²) in [7, 11) is 0. The molecule has 45 heavy (non-hydrogen) atoms. The first-order chi connectivity index (χ1) is 20.9. The molecule has 0 radical (unpaired) electrons. The highest BCUT2D eigenvalue weighted by Gasteiger charge is 2.70. The maximum atomic E-state index is 12.7.